The molecule has 19 heavy (non-hydrogen) atoms. The van der Waals surface area contributed by atoms with Crippen LogP contribution in [0.4, 0.5) is 5.69 Å². The first-order chi connectivity index (χ1) is 9.11. The molecule has 1 heterocycles. The van der Waals surface area contributed by atoms with Crippen LogP contribution in [0.2, 0.25) is 0 Å². The maximum absolute atomic E-state index is 2.45. The Morgan fingerprint density at radius 3 is 2.53 bits per heavy atom. The quantitative estimate of drug-likeness (QED) is 0.699. The molecule has 0 spiro atoms. The number of hydrogen-bond acceptors (Lipinski definition) is 1. The van der Waals surface area contributed by atoms with Crippen LogP contribution in [0.3, 0.4) is 0 Å². The SMILES string of the molecule is C/C=C1/N(CC)c2ccc3ccccc3c2C1(C)C. The third kappa shape index (κ3) is 1.54. The van der Waals surface area contributed by atoms with Gasteiger partial charge in [0.2, 0.25) is 0 Å². The summed E-state index contributed by atoms with van der Waals surface area (Å²) >= 11 is 0. The van der Waals surface area contributed by atoms with Gasteiger partial charge in [0.1, 0.15) is 0 Å². The van der Waals surface area contributed by atoms with Gasteiger partial charge in [-0.25, -0.2) is 0 Å². The molecule has 1 heteroatoms. The molecule has 0 amide bonds. The van der Waals surface area contributed by atoms with E-state index in [-0.39, 0.29) is 5.41 Å². The standard InChI is InChI=1S/C18H21N/c1-5-16-18(3,4)17-14-10-8-7-9-13(14)11-12-15(17)19(16)6-2/h5,7-12H,6H2,1-4H3/b16-5+. The maximum atomic E-state index is 2.45. The van der Waals surface area contributed by atoms with E-state index in [0.717, 1.165) is 6.54 Å². The fraction of sp³-hybridized carbons (Fsp3) is 0.333. The minimum atomic E-state index is 0.0843. The van der Waals surface area contributed by atoms with Gasteiger partial charge in [-0.1, -0.05) is 50.3 Å². The highest BCUT2D eigenvalue weighted by Gasteiger charge is 2.40. The second-order valence-electron chi connectivity index (χ2n) is 5.72. The third-order valence-electron chi connectivity index (χ3n) is 4.34. The Morgan fingerprint density at radius 2 is 1.84 bits per heavy atom. The molecule has 0 fully saturated rings. The fourth-order valence-corrected chi connectivity index (χ4v) is 3.59. The lowest BCUT2D eigenvalue weighted by Gasteiger charge is -2.26. The molecule has 0 saturated carbocycles. The zero-order valence-electron chi connectivity index (χ0n) is 12.2. The van der Waals surface area contributed by atoms with Gasteiger partial charge in [-0.05, 0) is 36.2 Å². The van der Waals surface area contributed by atoms with Gasteiger partial charge in [0.15, 0.2) is 0 Å². The minimum Gasteiger partial charge on any atom is -0.345 e. The number of likely N-dealkylation sites (N-methyl/N-ethyl adjacent to an activating group) is 1. The molecule has 0 saturated heterocycles. The van der Waals surface area contributed by atoms with Gasteiger partial charge in [-0.2, -0.15) is 0 Å². The van der Waals surface area contributed by atoms with E-state index in [4.69, 9.17) is 0 Å². The predicted molar refractivity (Wildman–Crippen MR) is 83.8 cm³/mol. The summed E-state index contributed by atoms with van der Waals surface area (Å²) in [4.78, 5) is 2.45. The van der Waals surface area contributed by atoms with E-state index in [9.17, 15) is 0 Å². The Labute approximate surface area is 115 Å². The molecule has 98 valence electrons. The number of benzene rings is 2. The van der Waals surface area contributed by atoms with Crippen molar-refractivity contribution in [1.82, 2.24) is 0 Å². The molecule has 0 atom stereocenters. The molecular weight excluding hydrogens is 230 g/mol. The number of fused-ring (bicyclic) bond motifs is 3. The zero-order chi connectivity index (χ0) is 13.6. The molecule has 2 aromatic carbocycles. The highest BCUT2D eigenvalue weighted by molar-refractivity contribution is 5.94. The van der Waals surface area contributed by atoms with Crippen LogP contribution in [0.25, 0.3) is 10.8 Å². The van der Waals surface area contributed by atoms with E-state index >= 15 is 0 Å². The Kier molecular flexibility index (Phi) is 2.67. The smallest absolute Gasteiger partial charge is 0.0456 e. The van der Waals surface area contributed by atoms with Crippen molar-refractivity contribution in [3.8, 4) is 0 Å². The molecule has 1 nitrogen and oxygen atoms in total. The molecule has 1 aliphatic heterocycles. The van der Waals surface area contributed by atoms with Crippen molar-refractivity contribution < 1.29 is 0 Å². The molecule has 1 aliphatic rings. The Hall–Kier alpha value is -1.76. The molecule has 3 rings (SSSR count). The van der Waals surface area contributed by atoms with Crippen molar-refractivity contribution in [2.75, 3.05) is 11.4 Å². The summed E-state index contributed by atoms with van der Waals surface area (Å²) in [7, 11) is 0. The van der Waals surface area contributed by atoms with Crippen molar-refractivity contribution in [2.45, 2.75) is 33.1 Å². The van der Waals surface area contributed by atoms with Gasteiger partial charge >= 0.3 is 0 Å². The Balaban J connectivity index is 2.41. The minimum absolute atomic E-state index is 0.0843. The largest absolute Gasteiger partial charge is 0.345 e. The molecule has 0 bridgehead atoms. The van der Waals surface area contributed by atoms with Crippen molar-refractivity contribution in [3.05, 3.63) is 53.7 Å². The molecule has 0 N–H and O–H groups in total. The molecule has 0 unspecified atom stereocenters. The Morgan fingerprint density at radius 1 is 1.11 bits per heavy atom. The summed E-state index contributed by atoms with van der Waals surface area (Å²) < 4.78 is 0. The van der Waals surface area contributed by atoms with E-state index in [1.54, 1.807) is 0 Å². The highest BCUT2D eigenvalue weighted by atomic mass is 15.2. The monoisotopic (exact) mass is 251 g/mol. The van der Waals surface area contributed by atoms with Crippen LogP contribution in [0, 0.1) is 0 Å². The summed E-state index contributed by atoms with van der Waals surface area (Å²) in [6, 6.07) is 13.2. The second-order valence-corrected chi connectivity index (χ2v) is 5.72. The van der Waals surface area contributed by atoms with Gasteiger partial charge in [0.05, 0.1) is 0 Å². The van der Waals surface area contributed by atoms with Crippen LogP contribution < -0.4 is 4.90 Å². The summed E-state index contributed by atoms with van der Waals surface area (Å²) in [5, 5.41) is 2.73. The summed E-state index contributed by atoms with van der Waals surface area (Å²) in [6.07, 6.45) is 2.26. The predicted octanol–water partition coefficient (Wildman–Crippen LogP) is 4.86. The molecule has 0 radical (unpaired) electrons. The maximum Gasteiger partial charge on any atom is 0.0456 e. The average Bonchev–Trinajstić information content (AvgIpc) is 2.65. The molecule has 0 aliphatic carbocycles. The van der Waals surface area contributed by atoms with E-state index < -0.39 is 0 Å². The first-order valence-corrected chi connectivity index (χ1v) is 7.07. The fourth-order valence-electron chi connectivity index (χ4n) is 3.59. The number of anilines is 1. The van der Waals surface area contributed by atoms with Crippen molar-refractivity contribution in [2.24, 2.45) is 0 Å². The van der Waals surface area contributed by atoms with Gasteiger partial charge in [0.25, 0.3) is 0 Å². The van der Waals surface area contributed by atoms with E-state index in [0.29, 0.717) is 0 Å². The van der Waals surface area contributed by atoms with Gasteiger partial charge < -0.3 is 4.90 Å². The van der Waals surface area contributed by atoms with Crippen LogP contribution in [0.5, 0.6) is 0 Å². The molecular formula is C18H21N. The first-order valence-electron chi connectivity index (χ1n) is 7.07. The normalized spacial score (nSPS) is 19.2. The first kappa shape index (κ1) is 12.3. The van der Waals surface area contributed by atoms with E-state index in [1.165, 1.54) is 27.7 Å². The van der Waals surface area contributed by atoms with Crippen LogP contribution in [-0.4, -0.2) is 6.54 Å². The van der Waals surface area contributed by atoms with Crippen LogP contribution in [0.1, 0.15) is 33.3 Å². The van der Waals surface area contributed by atoms with Gasteiger partial charge in [-0.3, -0.25) is 0 Å². The van der Waals surface area contributed by atoms with Crippen molar-refractivity contribution in [1.29, 1.82) is 0 Å². The van der Waals surface area contributed by atoms with Crippen molar-refractivity contribution >= 4 is 16.5 Å². The average molecular weight is 251 g/mol. The zero-order valence-corrected chi connectivity index (χ0v) is 12.2. The summed E-state index contributed by atoms with van der Waals surface area (Å²) in [6.45, 7) is 10.1. The van der Waals surface area contributed by atoms with Crippen LogP contribution >= 0.6 is 0 Å². The highest BCUT2D eigenvalue weighted by Crippen LogP contribution is 2.50. The number of allylic oxidation sites excluding steroid dienone is 2. The van der Waals surface area contributed by atoms with Gasteiger partial charge in [0, 0.05) is 23.3 Å². The van der Waals surface area contributed by atoms with E-state index in [1.807, 2.05) is 0 Å². The van der Waals surface area contributed by atoms with Crippen molar-refractivity contribution in [3.63, 3.8) is 0 Å². The number of hydrogen-bond donors (Lipinski definition) is 0. The third-order valence-corrected chi connectivity index (χ3v) is 4.34. The van der Waals surface area contributed by atoms with Crippen LogP contribution in [-0.2, 0) is 5.41 Å². The number of rotatable bonds is 1. The van der Waals surface area contributed by atoms with Crippen LogP contribution in [0.15, 0.2) is 48.2 Å². The van der Waals surface area contributed by atoms with E-state index in [2.05, 4.69) is 75.1 Å². The summed E-state index contributed by atoms with van der Waals surface area (Å²) in [5.74, 6) is 0. The molecule has 0 aromatic heterocycles. The Bertz CT molecular complexity index is 664. The molecule has 2 aromatic rings. The topological polar surface area (TPSA) is 3.24 Å². The lowest BCUT2D eigenvalue weighted by Crippen LogP contribution is -2.25. The van der Waals surface area contributed by atoms with Gasteiger partial charge in [-0.15, -0.1) is 0 Å². The lowest BCUT2D eigenvalue weighted by atomic mass is 9.81. The second kappa shape index (κ2) is 4.12. The summed E-state index contributed by atoms with van der Waals surface area (Å²) in [5.41, 5.74) is 4.35. The number of nitrogens with zero attached hydrogens (tertiary/aromatic N) is 1. The lowest BCUT2D eigenvalue weighted by molar-refractivity contribution is 0.636.